The number of aromatic nitrogens is 1. The van der Waals surface area contributed by atoms with Gasteiger partial charge in [-0.25, -0.2) is 0 Å². The van der Waals surface area contributed by atoms with Crippen molar-refractivity contribution < 1.29 is 4.74 Å². The van der Waals surface area contributed by atoms with Crippen molar-refractivity contribution >= 4 is 51.4 Å². The van der Waals surface area contributed by atoms with Crippen molar-refractivity contribution in [1.29, 1.82) is 0 Å². The van der Waals surface area contributed by atoms with Gasteiger partial charge in [-0.3, -0.25) is 0 Å². The van der Waals surface area contributed by atoms with E-state index in [-0.39, 0.29) is 0 Å². The second-order valence-electron chi connectivity index (χ2n) is 9.61. The molecule has 1 aromatic heterocycles. The van der Waals surface area contributed by atoms with Crippen molar-refractivity contribution in [3.05, 3.63) is 72.3 Å². The molecule has 152 valence electrons. The highest BCUT2D eigenvalue weighted by Gasteiger charge is 2.18. The molecule has 0 fully saturated rings. The Morgan fingerprint density at radius 1 is 0.767 bits per heavy atom. The Bertz CT molecular complexity index is 1390. The molecule has 0 aliphatic heterocycles. The second kappa shape index (κ2) is 7.26. The van der Waals surface area contributed by atoms with Crippen LogP contribution in [-0.4, -0.2) is 19.2 Å². The molecule has 4 aromatic carbocycles. The maximum atomic E-state index is 6.25. The number of nitrogens with zero attached hydrogens (tertiary/aromatic N) is 1. The number of benzene rings is 4. The van der Waals surface area contributed by atoms with E-state index in [2.05, 4.69) is 97.9 Å². The van der Waals surface area contributed by atoms with E-state index in [1.165, 1.54) is 55.0 Å². The van der Waals surface area contributed by atoms with E-state index in [1.807, 2.05) is 0 Å². The van der Waals surface area contributed by atoms with Crippen LogP contribution < -0.4 is 0 Å². The lowest BCUT2D eigenvalue weighted by atomic mass is 9.95. The third-order valence-electron chi connectivity index (χ3n) is 6.10. The van der Waals surface area contributed by atoms with Crippen LogP contribution in [0.25, 0.3) is 43.4 Å². The predicted octanol–water partition coefficient (Wildman–Crippen LogP) is 7.72. The summed E-state index contributed by atoms with van der Waals surface area (Å²) < 4.78 is 8.64. The van der Waals surface area contributed by atoms with E-state index in [0.29, 0.717) is 6.73 Å². The van der Waals surface area contributed by atoms with Gasteiger partial charge in [0.2, 0.25) is 0 Å². The number of hydrogen-bond acceptors (Lipinski definition) is 1. The standard InChI is InChI=1S/C27H29NOSi/c1-19-13-14-21-20-9-5-6-10-22(20)27-26(24(21)17-19)23-11-7-8-12-25(23)28(27)18-29-15-16-30(2,3)4/h5-14,17H,15-16,18H2,1-4H3. The van der Waals surface area contributed by atoms with Gasteiger partial charge in [0.15, 0.2) is 0 Å². The van der Waals surface area contributed by atoms with Gasteiger partial charge in [-0.15, -0.1) is 0 Å². The summed E-state index contributed by atoms with van der Waals surface area (Å²) in [4.78, 5) is 0. The Labute approximate surface area is 179 Å². The molecule has 0 saturated heterocycles. The molecular formula is C27H29NOSi. The molecule has 1 heterocycles. The third-order valence-corrected chi connectivity index (χ3v) is 7.81. The highest BCUT2D eigenvalue weighted by Crippen LogP contribution is 2.41. The number of rotatable bonds is 5. The monoisotopic (exact) mass is 411 g/mol. The first-order valence-corrected chi connectivity index (χ1v) is 14.5. The molecule has 0 aliphatic rings. The zero-order chi connectivity index (χ0) is 20.9. The fraction of sp³-hybridized carbons (Fsp3) is 0.259. The Kier molecular flexibility index (Phi) is 4.68. The van der Waals surface area contributed by atoms with Gasteiger partial charge in [-0.1, -0.05) is 85.9 Å². The largest absolute Gasteiger partial charge is 0.361 e. The van der Waals surface area contributed by atoms with Crippen molar-refractivity contribution in [2.45, 2.75) is 39.3 Å². The average Bonchev–Trinajstić information content (AvgIpc) is 3.05. The van der Waals surface area contributed by atoms with Gasteiger partial charge in [0, 0.05) is 30.8 Å². The van der Waals surface area contributed by atoms with Gasteiger partial charge in [-0.2, -0.15) is 0 Å². The summed E-state index contributed by atoms with van der Waals surface area (Å²) in [5, 5.41) is 7.92. The minimum Gasteiger partial charge on any atom is -0.361 e. The van der Waals surface area contributed by atoms with E-state index in [0.717, 1.165) is 6.61 Å². The SMILES string of the molecule is Cc1ccc2c3ccccc3c3c(c2c1)c1ccccc1n3COCC[Si](C)(C)C. The lowest BCUT2D eigenvalue weighted by Crippen LogP contribution is -2.22. The lowest BCUT2D eigenvalue weighted by Gasteiger charge is -2.16. The van der Waals surface area contributed by atoms with E-state index in [9.17, 15) is 0 Å². The van der Waals surface area contributed by atoms with Gasteiger partial charge in [-0.05, 0) is 35.2 Å². The first-order chi connectivity index (χ1) is 14.4. The fourth-order valence-electron chi connectivity index (χ4n) is 4.55. The van der Waals surface area contributed by atoms with E-state index >= 15 is 0 Å². The average molecular weight is 412 g/mol. The molecular weight excluding hydrogens is 382 g/mol. The van der Waals surface area contributed by atoms with Crippen molar-refractivity contribution in [2.75, 3.05) is 6.61 Å². The topological polar surface area (TPSA) is 14.2 Å². The van der Waals surface area contributed by atoms with Gasteiger partial charge in [0.1, 0.15) is 6.73 Å². The van der Waals surface area contributed by atoms with Crippen LogP contribution in [0.2, 0.25) is 25.7 Å². The summed E-state index contributed by atoms with van der Waals surface area (Å²) in [6.07, 6.45) is 0. The molecule has 0 amide bonds. The summed E-state index contributed by atoms with van der Waals surface area (Å²) in [5.74, 6) is 0. The molecule has 5 rings (SSSR count). The van der Waals surface area contributed by atoms with Crippen molar-refractivity contribution in [3.63, 3.8) is 0 Å². The summed E-state index contributed by atoms with van der Waals surface area (Å²) in [7, 11) is -1.11. The summed E-state index contributed by atoms with van der Waals surface area (Å²) in [5.41, 5.74) is 3.83. The number of aryl methyl sites for hydroxylation is 1. The van der Waals surface area contributed by atoms with E-state index < -0.39 is 8.07 Å². The highest BCUT2D eigenvalue weighted by atomic mass is 28.3. The number of ether oxygens (including phenoxy) is 1. The maximum absolute atomic E-state index is 6.25. The van der Waals surface area contributed by atoms with Crippen LogP contribution in [0.3, 0.4) is 0 Å². The Morgan fingerprint density at radius 3 is 2.20 bits per heavy atom. The molecule has 0 bridgehead atoms. The molecule has 3 heteroatoms. The molecule has 0 radical (unpaired) electrons. The number of hydrogen-bond donors (Lipinski definition) is 0. The zero-order valence-corrected chi connectivity index (χ0v) is 19.3. The van der Waals surface area contributed by atoms with Gasteiger partial charge < -0.3 is 9.30 Å². The summed E-state index contributed by atoms with van der Waals surface area (Å²) in [6.45, 7) is 10.8. The number of fused-ring (bicyclic) bond motifs is 8. The zero-order valence-electron chi connectivity index (χ0n) is 18.3. The van der Waals surface area contributed by atoms with Crippen LogP contribution in [0.5, 0.6) is 0 Å². The van der Waals surface area contributed by atoms with Gasteiger partial charge in [0.05, 0.1) is 11.0 Å². The summed E-state index contributed by atoms with van der Waals surface area (Å²) in [6, 6.07) is 25.6. The van der Waals surface area contributed by atoms with E-state index in [1.54, 1.807) is 0 Å². The molecule has 0 N–H and O–H groups in total. The van der Waals surface area contributed by atoms with Crippen molar-refractivity contribution in [2.24, 2.45) is 0 Å². The molecule has 2 nitrogen and oxygen atoms in total. The minimum atomic E-state index is -1.11. The van der Waals surface area contributed by atoms with Crippen LogP contribution in [0, 0.1) is 6.92 Å². The molecule has 0 spiro atoms. The first kappa shape index (κ1) is 19.3. The van der Waals surface area contributed by atoms with Gasteiger partial charge >= 0.3 is 0 Å². The normalized spacial score (nSPS) is 12.5. The van der Waals surface area contributed by atoms with Crippen molar-refractivity contribution in [3.8, 4) is 0 Å². The second-order valence-corrected chi connectivity index (χ2v) is 15.2. The Morgan fingerprint density at radius 2 is 1.43 bits per heavy atom. The molecule has 0 atom stereocenters. The van der Waals surface area contributed by atoms with Gasteiger partial charge in [0.25, 0.3) is 0 Å². The Hall–Kier alpha value is -2.62. The molecule has 5 aromatic rings. The third kappa shape index (κ3) is 3.23. The first-order valence-electron chi connectivity index (χ1n) is 10.8. The summed E-state index contributed by atoms with van der Waals surface area (Å²) >= 11 is 0. The van der Waals surface area contributed by atoms with Crippen LogP contribution in [0.15, 0.2) is 66.7 Å². The molecule has 0 unspecified atom stereocenters. The highest BCUT2D eigenvalue weighted by molar-refractivity contribution is 6.76. The number of para-hydroxylation sites is 1. The Balaban J connectivity index is 1.82. The van der Waals surface area contributed by atoms with Crippen LogP contribution in [-0.2, 0) is 11.5 Å². The quantitative estimate of drug-likeness (QED) is 0.164. The predicted molar refractivity (Wildman–Crippen MR) is 133 cm³/mol. The van der Waals surface area contributed by atoms with Crippen molar-refractivity contribution in [1.82, 2.24) is 4.57 Å². The smallest absolute Gasteiger partial charge is 0.123 e. The fourth-order valence-corrected chi connectivity index (χ4v) is 5.31. The molecule has 0 saturated carbocycles. The molecule has 30 heavy (non-hydrogen) atoms. The van der Waals surface area contributed by atoms with Crippen LogP contribution >= 0.6 is 0 Å². The minimum absolute atomic E-state index is 0.593. The van der Waals surface area contributed by atoms with Crippen LogP contribution in [0.1, 0.15) is 5.56 Å². The lowest BCUT2D eigenvalue weighted by molar-refractivity contribution is 0.0930. The van der Waals surface area contributed by atoms with E-state index in [4.69, 9.17) is 4.74 Å². The van der Waals surface area contributed by atoms with Crippen LogP contribution in [0.4, 0.5) is 0 Å². The molecule has 0 aliphatic carbocycles. The maximum Gasteiger partial charge on any atom is 0.123 e.